The number of carbonyl (C=O) groups excluding carboxylic acids is 1. The first-order valence-electron chi connectivity index (χ1n) is 12.4. The van der Waals surface area contributed by atoms with E-state index in [1.165, 1.54) is 36.1 Å². The zero-order valence-electron chi connectivity index (χ0n) is 22.4. The van der Waals surface area contributed by atoms with Gasteiger partial charge in [-0.2, -0.15) is 0 Å². The summed E-state index contributed by atoms with van der Waals surface area (Å²) in [6.07, 6.45) is 9.92. The number of anilines is 2. The SMILES string of the molecule is CCC.CCCCC(C)C.CSc1ccc2c(c1)CCN2C(=O)c1ccccc1N(C)S(C)=O. The van der Waals surface area contributed by atoms with Crippen LogP contribution in [0.15, 0.2) is 47.4 Å². The molecule has 1 unspecified atom stereocenters. The average Bonchev–Trinajstić information content (AvgIpc) is 3.25. The van der Waals surface area contributed by atoms with Gasteiger partial charge in [0, 0.05) is 30.4 Å². The molecule has 0 saturated heterocycles. The molecule has 3 rings (SSSR count). The minimum absolute atomic E-state index is 0.0430. The van der Waals surface area contributed by atoms with Crippen molar-refractivity contribution in [3.05, 3.63) is 53.6 Å². The fraction of sp³-hybridized carbons (Fsp3) is 0.536. The van der Waals surface area contributed by atoms with E-state index in [1.54, 1.807) is 35.4 Å². The molecule has 0 spiro atoms. The Balaban J connectivity index is 0.000000491. The third kappa shape index (κ3) is 9.10. The maximum absolute atomic E-state index is 13.1. The molecule has 1 amide bonds. The van der Waals surface area contributed by atoms with Crippen LogP contribution in [0.3, 0.4) is 0 Å². The average molecular weight is 505 g/mol. The Morgan fingerprint density at radius 2 is 1.79 bits per heavy atom. The van der Waals surface area contributed by atoms with E-state index in [4.69, 9.17) is 0 Å². The molecule has 6 heteroatoms. The van der Waals surface area contributed by atoms with Crippen LogP contribution in [-0.4, -0.2) is 36.2 Å². The van der Waals surface area contributed by atoms with E-state index in [-0.39, 0.29) is 5.91 Å². The second-order valence-electron chi connectivity index (χ2n) is 8.88. The van der Waals surface area contributed by atoms with Crippen LogP contribution in [-0.2, 0) is 17.4 Å². The molecule has 2 aromatic carbocycles. The molecule has 0 fully saturated rings. The Kier molecular flexibility index (Phi) is 14.2. The number of fused-ring (bicyclic) bond motifs is 1. The normalized spacial score (nSPS) is 12.8. The van der Waals surface area contributed by atoms with Crippen LogP contribution in [0.5, 0.6) is 0 Å². The molecule has 34 heavy (non-hydrogen) atoms. The van der Waals surface area contributed by atoms with Gasteiger partial charge in [0.05, 0.1) is 11.3 Å². The Bertz CT molecular complexity index is 915. The zero-order valence-corrected chi connectivity index (χ0v) is 24.0. The van der Waals surface area contributed by atoms with Crippen LogP contribution < -0.4 is 9.21 Å². The summed E-state index contributed by atoms with van der Waals surface area (Å²) in [5.41, 5.74) is 3.46. The second kappa shape index (κ2) is 16.0. The summed E-state index contributed by atoms with van der Waals surface area (Å²) in [5.74, 6) is 0.860. The lowest BCUT2D eigenvalue weighted by Gasteiger charge is -2.23. The Morgan fingerprint density at radius 1 is 1.15 bits per heavy atom. The van der Waals surface area contributed by atoms with Gasteiger partial charge in [-0.3, -0.25) is 9.10 Å². The number of para-hydroxylation sites is 1. The molecule has 0 aromatic heterocycles. The van der Waals surface area contributed by atoms with Crippen molar-refractivity contribution < 1.29 is 9.00 Å². The van der Waals surface area contributed by atoms with Crippen LogP contribution in [0.1, 0.15) is 76.2 Å². The molecule has 4 nitrogen and oxygen atoms in total. The van der Waals surface area contributed by atoms with Gasteiger partial charge in [-0.25, -0.2) is 4.21 Å². The first-order valence-corrected chi connectivity index (χ1v) is 15.1. The Hall–Kier alpha value is -1.79. The molecule has 0 N–H and O–H groups in total. The highest BCUT2D eigenvalue weighted by Crippen LogP contribution is 2.33. The van der Waals surface area contributed by atoms with Crippen LogP contribution in [0.25, 0.3) is 0 Å². The van der Waals surface area contributed by atoms with E-state index in [1.807, 2.05) is 35.2 Å². The Labute approximate surface area is 215 Å². The molecule has 0 radical (unpaired) electrons. The van der Waals surface area contributed by atoms with Crippen molar-refractivity contribution in [1.82, 2.24) is 0 Å². The molecule has 190 valence electrons. The quantitative estimate of drug-likeness (QED) is 0.365. The summed E-state index contributed by atoms with van der Waals surface area (Å²) in [6, 6.07) is 13.6. The minimum atomic E-state index is -1.18. The maximum atomic E-state index is 13.1. The van der Waals surface area contributed by atoms with Gasteiger partial charge in [-0.1, -0.05) is 72.4 Å². The van der Waals surface area contributed by atoms with Gasteiger partial charge in [0.15, 0.2) is 0 Å². The summed E-state index contributed by atoms with van der Waals surface area (Å²) < 4.78 is 13.4. The molecule has 1 heterocycles. The molecule has 1 aliphatic heterocycles. The van der Waals surface area contributed by atoms with Crippen molar-refractivity contribution >= 4 is 40.0 Å². The number of benzene rings is 2. The maximum Gasteiger partial charge on any atom is 0.260 e. The molecule has 1 aliphatic rings. The van der Waals surface area contributed by atoms with E-state index < -0.39 is 11.0 Å². The number of unbranched alkanes of at least 4 members (excludes halogenated alkanes) is 1. The number of hydrogen-bond donors (Lipinski definition) is 0. The van der Waals surface area contributed by atoms with Gasteiger partial charge in [0.25, 0.3) is 5.91 Å². The smallest absolute Gasteiger partial charge is 0.260 e. The lowest BCUT2D eigenvalue weighted by molar-refractivity contribution is 0.0990. The summed E-state index contributed by atoms with van der Waals surface area (Å²) in [6.45, 7) is 11.7. The van der Waals surface area contributed by atoms with Crippen molar-refractivity contribution in [2.45, 2.75) is 71.6 Å². The van der Waals surface area contributed by atoms with Crippen molar-refractivity contribution in [3.8, 4) is 0 Å². The van der Waals surface area contributed by atoms with Gasteiger partial charge in [0.2, 0.25) is 0 Å². The number of hydrogen-bond acceptors (Lipinski definition) is 3. The summed E-state index contributed by atoms with van der Waals surface area (Å²) in [4.78, 5) is 16.1. The van der Waals surface area contributed by atoms with Crippen LogP contribution in [0.4, 0.5) is 11.4 Å². The first-order chi connectivity index (χ1) is 16.2. The lowest BCUT2D eigenvalue weighted by atomic mass is 10.1. The Morgan fingerprint density at radius 3 is 2.32 bits per heavy atom. The predicted molar refractivity (Wildman–Crippen MR) is 153 cm³/mol. The zero-order chi connectivity index (χ0) is 25.7. The van der Waals surface area contributed by atoms with E-state index in [0.717, 1.165) is 18.0 Å². The third-order valence-corrected chi connectivity index (χ3v) is 7.12. The van der Waals surface area contributed by atoms with Gasteiger partial charge >= 0.3 is 0 Å². The van der Waals surface area contributed by atoms with Gasteiger partial charge < -0.3 is 4.90 Å². The number of amides is 1. The van der Waals surface area contributed by atoms with Crippen LogP contribution in [0.2, 0.25) is 0 Å². The highest BCUT2D eigenvalue weighted by molar-refractivity contribution is 7.98. The fourth-order valence-electron chi connectivity index (χ4n) is 3.54. The monoisotopic (exact) mass is 504 g/mol. The van der Waals surface area contributed by atoms with Crippen LogP contribution >= 0.6 is 11.8 Å². The van der Waals surface area contributed by atoms with Crippen molar-refractivity contribution in [2.75, 3.05) is 35.3 Å². The molecule has 0 saturated carbocycles. The molecule has 0 bridgehead atoms. The highest BCUT2D eigenvalue weighted by Gasteiger charge is 2.28. The van der Waals surface area contributed by atoms with Crippen LogP contribution in [0, 0.1) is 5.92 Å². The highest BCUT2D eigenvalue weighted by atomic mass is 32.2. The van der Waals surface area contributed by atoms with E-state index in [9.17, 15) is 9.00 Å². The predicted octanol–water partition coefficient (Wildman–Crippen LogP) is 7.59. The topological polar surface area (TPSA) is 40.6 Å². The number of rotatable bonds is 7. The van der Waals surface area contributed by atoms with Crippen molar-refractivity contribution in [2.24, 2.45) is 5.92 Å². The molecule has 1 atom stereocenters. The molecule has 2 aromatic rings. The third-order valence-electron chi connectivity index (χ3n) is 5.42. The van der Waals surface area contributed by atoms with Gasteiger partial charge in [-0.15, -0.1) is 11.8 Å². The first kappa shape index (κ1) is 30.2. The van der Waals surface area contributed by atoms with E-state index in [0.29, 0.717) is 17.8 Å². The van der Waals surface area contributed by atoms with Gasteiger partial charge in [-0.05, 0) is 54.5 Å². The number of carbonyl (C=O) groups is 1. The summed E-state index contributed by atoms with van der Waals surface area (Å²) >= 11 is 1.71. The largest absolute Gasteiger partial charge is 0.308 e. The molecular formula is C28H44N2O2S2. The van der Waals surface area contributed by atoms with Crippen molar-refractivity contribution in [1.29, 1.82) is 0 Å². The summed E-state index contributed by atoms with van der Waals surface area (Å²) in [5, 5.41) is 0. The molecule has 0 aliphatic carbocycles. The van der Waals surface area contributed by atoms with Crippen molar-refractivity contribution in [3.63, 3.8) is 0 Å². The second-order valence-corrected chi connectivity index (χ2v) is 11.2. The summed E-state index contributed by atoms with van der Waals surface area (Å²) in [7, 11) is 0.562. The van der Waals surface area contributed by atoms with E-state index in [2.05, 4.69) is 46.9 Å². The number of thioether (sulfide) groups is 1. The van der Waals surface area contributed by atoms with E-state index >= 15 is 0 Å². The lowest BCUT2D eigenvalue weighted by Crippen LogP contribution is -2.31. The fourth-order valence-corrected chi connectivity index (χ4v) is 4.44. The van der Waals surface area contributed by atoms with Gasteiger partial charge in [0.1, 0.15) is 11.0 Å². The minimum Gasteiger partial charge on any atom is -0.308 e. The standard InChI is InChI=1S/C18H20N2O2S2.C7H16.C3H8/c1-19(24(3)22)17-7-5-4-6-15(17)18(21)20-11-10-13-12-14(23-2)8-9-16(13)20;1-4-5-6-7(2)3;1-3-2/h4-9,12H,10-11H2,1-3H3;7H,4-6H2,1-3H3;3H2,1-2H3. The molecular weight excluding hydrogens is 460 g/mol. The number of nitrogens with zero attached hydrogens (tertiary/aromatic N) is 2.